The van der Waals surface area contributed by atoms with Crippen LogP contribution in [0.3, 0.4) is 0 Å². The number of aromatic carboxylic acids is 1. The molecule has 0 saturated heterocycles. The lowest BCUT2D eigenvalue weighted by molar-refractivity contribution is -0.254. The van der Waals surface area contributed by atoms with E-state index in [1.165, 1.54) is 18.2 Å². The lowest BCUT2D eigenvalue weighted by Gasteiger charge is -2.13. The maximum Gasteiger partial charge on any atom is 0.195 e. The van der Waals surface area contributed by atoms with Gasteiger partial charge >= 0.3 is 0 Å². The molecule has 0 radical (unpaired) electrons. The lowest BCUT2D eigenvalue weighted by Crippen LogP contribution is -2.20. The molecule has 2 rings (SSSR count). The largest absolute Gasteiger partial charge is 0.544 e. The summed E-state index contributed by atoms with van der Waals surface area (Å²) in [6.45, 7) is 4.95. The molecule has 0 saturated carbocycles. The van der Waals surface area contributed by atoms with Crippen LogP contribution in [0.15, 0.2) is 36.4 Å². The van der Waals surface area contributed by atoms with Crippen molar-refractivity contribution in [2.75, 3.05) is 13.2 Å². The number of carboxylic acid groups (broad SMARTS) is 1. The number of allylic oxidation sites excluding steroid dienone is 1. The zero-order valence-corrected chi connectivity index (χ0v) is 14.9. The van der Waals surface area contributed by atoms with E-state index in [9.17, 15) is 14.7 Å². The van der Waals surface area contributed by atoms with Crippen molar-refractivity contribution >= 4 is 29.2 Å². The molecule has 0 N–H and O–H groups in total. The van der Waals surface area contributed by atoms with Crippen LogP contribution in [0.5, 0.6) is 11.5 Å². The van der Waals surface area contributed by atoms with Crippen molar-refractivity contribution in [3.63, 3.8) is 0 Å². The van der Waals surface area contributed by atoms with Gasteiger partial charge in [-0.1, -0.05) is 19.1 Å². The highest BCUT2D eigenvalue weighted by Gasteiger charge is 2.11. The highest BCUT2D eigenvalue weighted by atomic mass is 32.1. The molecule has 0 bridgehead atoms. The number of thiophene rings is 1. The average Bonchev–Trinajstić information content (AvgIpc) is 3.09. The van der Waals surface area contributed by atoms with E-state index in [4.69, 9.17) is 9.47 Å². The SMILES string of the molecule is CCCOc1c(/C=C/C(=O)c2ccc(C(=O)[O-])s2)cccc1OCC. The molecule has 0 atom stereocenters. The summed E-state index contributed by atoms with van der Waals surface area (Å²) < 4.78 is 11.4. The van der Waals surface area contributed by atoms with Gasteiger partial charge in [0, 0.05) is 5.56 Å². The second-order valence-corrected chi connectivity index (χ2v) is 6.19. The zero-order valence-electron chi connectivity index (χ0n) is 14.1. The van der Waals surface area contributed by atoms with E-state index in [2.05, 4.69) is 0 Å². The van der Waals surface area contributed by atoms with Gasteiger partial charge in [-0.05, 0) is 43.7 Å². The Morgan fingerprint density at radius 3 is 2.52 bits per heavy atom. The fraction of sp³-hybridized carbons (Fsp3) is 0.263. The van der Waals surface area contributed by atoms with Crippen LogP contribution in [-0.4, -0.2) is 25.0 Å². The van der Waals surface area contributed by atoms with Crippen molar-refractivity contribution in [1.82, 2.24) is 0 Å². The predicted octanol–water partition coefficient (Wildman–Crippen LogP) is 3.20. The molecule has 0 amide bonds. The maximum atomic E-state index is 12.2. The van der Waals surface area contributed by atoms with Crippen molar-refractivity contribution in [3.05, 3.63) is 51.7 Å². The number of benzene rings is 1. The minimum absolute atomic E-state index is 0.0297. The molecule has 25 heavy (non-hydrogen) atoms. The molecule has 0 aliphatic rings. The minimum Gasteiger partial charge on any atom is -0.544 e. The van der Waals surface area contributed by atoms with Crippen molar-refractivity contribution < 1.29 is 24.2 Å². The van der Waals surface area contributed by atoms with E-state index in [0.717, 1.165) is 23.3 Å². The summed E-state index contributed by atoms with van der Waals surface area (Å²) in [6, 6.07) is 8.32. The maximum absolute atomic E-state index is 12.2. The van der Waals surface area contributed by atoms with Gasteiger partial charge in [0.1, 0.15) is 0 Å². The van der Waals surface area contributed by atoms with Crippen LogP contribution in [0.2, 0.25) is 0 Å². The van der Waals surface area contributed by atoms with Crippen molar-refractivity contribution in [1.29, 1.82) is 0 Å². The number of hydrogen-bond acceptors (Lipinski definition) is 6. The summed E-state index contributed by atoms with van der Waals surface area (Å²) in [6.07, 6.45) is 3.90. The first kappa shape index (κ1) is 18.7. The number of carbonyl (C=O) groups excluding carboxylic acids is 2. The smallest absolute Gasteiger partial charge is 0.195 e. The van der Waals surface area contributed by atoms with Crippen LogP contribution in [0.25, 0.3) is 6.08 Å². The molecular formula is C19H19O5S-. The third-order valence-corrected chi connectivity index (χ3v) is 4.30. The first-order valence-corrected chi connectivity index (χ1v) is 8.80. The van der Waals surface area contributed by atoms with E-state index in [1.54, 1.807) is 6.08 Å². The van der Waals surface area contributed by atoms with Gasteiger partial charge in [0.05, 0.1) is 28.9 Å². The number of ketones is 1. The number of hydrogen-bond donors (Lipinski definition) is 0. The fourth-order valence-electron chi connectivity index (χ4n) is 2.12. The van der Waals surface area contributed by atoms with Crippen molar-refractivity contribution in [2.24, 2.45) is 0 Å². The van der Waals surface area contributed by atoms with Crippen LogP contribution in [0, 0.1) is 0 Å². The Balaban J connectivity index is 2.24. The summed E-state index contributed by atoms with van der Waals surface area (Å²) >= 11 is 0.895. The third-order valence-electron chi connectivity index (χ3n) is 3.22. The van der Waals surface area contributed by atoms with Crippen LogP contribution >= 0.6 is 11.3 Å². The minimum atomic E-state index is -1.28. The second-order valence-electron chi connectivity index (χ2n) is 5.10. The van der Waals surface area contributed by atoms with Gasteiger partial charge in [-0.15, -0.1) is 11.3 Å². The molecule has 1 heterocycles. The number of para-hydroxylation sites is 1. The van der Waals surface area contributed by atoms with E-state index < -0.39 is 5.97 Å². The number of carbonyl (C=O) groups is 2. The summed E-state index contributed by atoms with van der Waals surface area (Å²) in [4.78, 5) is 23.4. The molecule has 5 nitrogen and oxygen atoms in total. The van der Waals surface area contributed by atoms with Gasteiger partial charge < -0.3 is 19.4 Å². The average molecular weight is 359 g/mol. The highest BCUT2D eigenvalue weighted by molar-refractivity contribution is 7.16. The van der Waals surface area contributed by atoms with Crippen LogP contribution in [0.4, 0.5) is 0 Å². The van der Waals surface area contributed by atoms with Gasteiger partial charge in [0.25, 0.3) is 0 Å². The Morgan fingerprint density at radius 1 is 1.12 bits per heavy atom. The molecule has 6 heteroatoms. The summed E-state index contributed by atoms with van der Waals surface area (Å²) in [5.74, 6) is -0.341. The normalized spacial score (nSPS) is 10.8. The Hall–Kier alpha value is -2.60. The fourth-order valence-corrected chi connectivity index (χ4v) is 2.88. The molecule has 1 aromatic heterocycles. The van der Waals surface area contributed by atoms with Crippen molar-refractivity contribution in [2.45, 2.75) is 20.3 Å². The van der Waals surface area contributed by atoms with Crippen molar-refractivity contribution in [3.8, 4) is 11.5 Å². The monoisotopic (exact) mass is 359 g/mol. The first-order valence-electron chi connectivity index (χ1n) is 7.99. The van der Waals surface area contributed by atoms with Gasteiger partial charge in [-0.25, -0.2) is 0 Å². The number of rotatable bonds is 9. The van der Waals surface area contributed by atoms with E-state index in [0.29, 0.717) is 29.6 Å². The van der Waals surface area contributed by atoms with Gasteiger partial charge in [0.15, 0.2) is 17.3 Å². The van der Waals surface area contributed by atoms with Crippen LogP contribution in [-0.2, 0) is 0 Å². The molecule has 0 unspecified atom stereocenters. The molecule has 1 aromatic carbocycles. The van der Waals surface area contributed by atoms with Gasteiger partial charge in [0.2, 0.25) is 0 Å². The molecule has 2 aromatic rings. The third kappa shape index (κ3) is 4.93. The Labute approximate surface area is 150 Å². The standard InChI is InChI=1S/C19H20O5S/c1-3-12-24-18-13(6-5-7-15(18)23-4-2)8-9-14(20)16-10-11-17(25-16)19(21)22/h5-11H,3-4,12H2,1-2H3,(H,21,22)/p-1/b9-8+. The van der Waals surface area contributed by atoms with Crippen LogP contribution in [0.1, 0.15) is 45.2 Å². The lowest BCUT2D eigenvalue weighted by atomic mass is 10.1. The Morgan fingerprint density at radius 2 is 1.88 bits per heavy atom. The molecule has 0 fully saturated rings. The molecule has 0 spiro atoms. The zero-order chi connectivity index (χ0) is 18.2. The topological polar surface area (TPSA) is 75.7 Å². The van der Waals surface area contributed by atoms with Gasteiger partial charge in [-0.2, -0.15) is 0 Å². The molecule has 0 aliphatic carbocycles. The van der Waals surface area contributed by atoms with Crippen LogP contribution < -0.4 is 14.6 Å². The Bertz CT molecular complexity index is 776. The number of ether oxygens (including phenoxy) is 2. The first-order chi connectivity index (χ1) is 12.1. The molecular weight excluding hydrogens is 340 g/mol. The quantitative estimate of drug-likeness (QED) is 0.508. The molecule has 0 aliphatic heterocycles. The summed E-state index contributed by atoms with van der Waals surface area (Å²) in [7, 11) is 0. The second kappa shape index (κ2) is 9.03. The summed E-state index contributed by atoms with van der Waals surface area (Å²) in [5, 5.41) is 10.8. The highest BCUT2D eigenvalue weighted by Crippen LogP contribution is 2.32. The molecule has 132 valence electrons. The predicted molar refractivity (Wildman–Crippen MR) is 95.4 cm³/mol. The van der Waals surface area contributed by atoms with E-state index in [1.807, 2.05) is 32.0 Å². The van der Waals surface area contributed by atoms with E-state index in [-0.39, 0.29) is 10.7 Å². The number of carboxylic acids is 1. The van der Waals surface area contributed by atoms with E-state index >= 15 is 0 Å². The summed E-state index contributed by atoms with van der Waals surface area (Å²) in [5.41, 5.74) is 0.726. The Kier molecular flexibility index (Phi) is 6.77. The van der Waals surface area contributed by atoms with Gasteiger partial charge in [-0.3, -0.25) is 4.79 Å².